The standard InChI is InChI=1S/C49H95NO4/c1-4-7-10-13-17-21-28-35-45-44-47(45)48(52)38-31-24-20-27-34-41-50(42-43-51)40-33-26-19-16-18-25-32-39-49(53)54-46(36-29-22-14-11-8-5-2)37-30-23-15-12-9-6-3/h45-47,51H,4-44H2,1-3H3. The van der Waals surface area contributed by atoms with E-state index in [4.69, 9.17) is 4.74 Å². The highest BCUT2D eigenvalue weighted by molar-refractivity contribution is 5.83. The molecule has 0 heterocycles. The molecule has 1 N–H and O–H groups in total. The van der Waals surface area contributed by atoms with Gasteiger partial charge in [-0.15, -0.1) is 0 Å². The molecule has 1 fully saturated rings. The molecule has 0 aromatic heterocycles. The van der Waals surface area contributed by atoms with Gasteiger partial charge in [-0.3, -0.25) is 9.59 Å². The van der Waals surface area contributed by atoms with Gasteiger partial charge in [-0.2, -0.15) is 0 Å². The molecule has 2 atom stereocenters. The summed E-state index contributed by atoms with van der Waals surface area (Å²) >= 11 is 0. The van der Waals surface area contributed by atoms with Crippen LogP contribution in [0.2, 0.25) is 0 Å². The molecule has 1 aliphatic rings. The highest BCUT2D eigenvalue weighted by Gasteiger charge is 2.41. The van der Waals surface area contributed by atoms with Crippen LogP contribution < -0.4 is 0 Å². The Morgan fingerprint density at radius 3 is 1.41 bits per heavy atom. The number of aliphatic hydroxyl groups is 1. The first-order valence-corrected chi connectivity index (χ1v) is 24.6. The maximum Gasteiger partial charge on any atom is 0.306 e. The molecule has 0 aromatic carbocycles. The Bertz CT molecular complexity index is 802. The molecule has 0 amide bonds. The van der Waals surface area contributed by atoms with Crippen molar-refractivity contribution in [3.8, 4) is 0 Å². The number of ether oxygens (including phenoxy) is 1. The number of hydrogen-bond donors (Lipinski definition) is 1. The van der Waals surface area contributed by atoms with Crippen LogP contribution in [0.15, 0.2) is 0 Å². The van der Waals surface area contributed by atoms with E-state index in [2.05, 4.69) is 25.7 Å². The van der Waals surface area contributed by atoms with Gasteiger partial charge >= 0.3 is 5.97 Å². The van der Waals surface area contributed by atoms with E-state index >= 15 is 0 Å². The fourth-order valence-electron chi connectivity index (χ4n) is 8.45. The van der Waals surface area contributed by atoms with Crippen LogP contribution in [0.3, 0.4) is 0 Å². The molecule has 1 saturated carbocycles. The molecule has 54 heavy (non-hydrogen) atoms. The second-order valence-electron chi connectivity index (χ2n) is 17.5. The normalized spacial score (nSPS) is 15.4. The first kappa shape index (κ1) is 51.1. The number of carbonyl (C=O) groups excluding carboxylic acids is 2. The second kappa shape index (κ2) is 38.9. The molecule has 5 nitrogen and oxygen atoms in total. The van der Waals surface area contributed by atoms with Crippen molar-refractivity contribution in [3.63, 3.8) is 0 Å². The number of esters is 1. The smallest absolute Gasteiger partial charge is 0.306 e. The molecule has 2 unspecified atom stereocenters. The summed E-state index contributed by atoms with van der Waals surface area (Å²) in [4.78, 5) is 27.7. The van der Waals surface area contributed by atoms with Crippen molar-refractivity contribution >= 4 is 11.8 Å². The van der Waals surface area contributed by atoms with Crippen LogP contribution in [-0.2, 0) is 14.3 Å². The summed E-state index contributed by atoms with van der Waals surface area (Å²) in [6.45, 7) is 10.00. The highest BCUT2D eigenvalue weighted by Crippen LogP contribution is 2.44. The molecule has 0 saturated heterocycles. The van der Waals surface area contributed by atoms with Gasteiger partial charge in [-0.05, 0) is 83.2 Å². The van der Waals surface area contributed by atoms with E-state index in [0.29, 0.717) is 24.0 Å². The van der Waals surface area contributed by atoms with Crippen LogP contribution in [0, 0.1) is 11.8 Å². The van der Waals surface area contributed by atoms with Crippen molar-refractivity contribution in [2.75, 3.05) is 26.2 Å². The average molecular weight is 762 g/mol. The zero-order chi connectivity index (χ0) is 39.2. The minimum Gasteiger partial charge on any atom is -0.462 e. The number of nitrogens with zero attached hydrogens (tertiary/aromatic N) is 1. The predicted molar refractivity (Wildman–Crippen MR) is 233 cm³/mol. The zero-order valence-corrected chi connectivity index (χ0v) is 36.8. The number of aliphatic hydroxyl groups excluding tert-OH is 1. The van der Waals surface area contributed by atoms with Crippen LogP contribution in [-0.4, -0.2) is 54.1 Å². The zero-order valence-electron chi connectivity index (χ0n) is 36.8. The Kier molecular flexibility index (Phi) is 36.8. The summed E-state index contributed by atoms with van der Waals surface area (Å²) in [5, 5.41) is 9.58. The Morgan fingerprint density at radius 2 is 0.926 bits per heavy atom. The number of Topliss-reactive ketones (excluding diaryl/α,β-unsaturated/α-hetero) is 1. The molecule has 1 rings (SSSR count). The van der Waals surface area contributed by atoms with E-state index in [0.717, 1.165) is 58.2 Å². The van der Waals surface area contributed by atoms with Crippen LogP contribution >= 0.6 is 0 Å². The molecule has 1 aliphatic carbocycles. The largest absolute Gasteiger partial charge is 0.462 e. The number of rotatable bonds is 44. The molecular weight excluding hydrogens is 667 g/mol. The molecule has 5 heteroatoms. The van der Waals surface area contributed by atoms with Crippen LogP contribution in [0.1, 0.15) is 258 Å². The summed E-state index contributed by atoms with van der Waals surface area (Å²) in [6, 6.07) is 0. The SMILES string of the molecule is CCCCCCCCCC1CC1C(=O)CCCCCCCN(CCO)CCCCCCCCCC(=O)OC(CCCCCCCC)CCCCCCCC. The lowest BCUT2D eigenvalue weighted by Crippen LogP contribution is -2.29. The molecule has 320 valence electrons. The molecule has 0 spiro atoms. The topological polar surface area (TPSA) is 66.8 Å². The van der Waals surface area contributed by atoms with Crippen molar-refractivity contribution in [2.45, 2.75) is 264 Å². The lowest BCUT2D eigenvalue weighted by atomic mass is 10.0. The van der Waals surface area contributed by atoms with Gasteiger partial charge in [0.25, 0.3) is 0 Å². The van der Waals surface area contributed by atoms with Gasteiger partial charge in [-0.25, -0.2) is 0 Å². The third kappa shape index (κ3) is 32.2. The average Bonchev–Trinajstić information content (AvgIpc) is 3.95. The maximum atomic E-state index is 12.7. The third-order valence-electron chi connectivity index (χ3n) is 12.2. The van der Waals surface area contributed by atoms with Crippen LogP contribution in [0.25, 0.3) is 0 Å². The van der Waals surface area contributed by atoms with Crippen LogP contribution in [0.5, 0.6) is 0 Å². The van der Waals surface area contributed by atoms with E-state index < -0.39 is 0 Å². The Hall–Kier alpha value is -0.940. The molecular formula is C49H95NO4. The van der Waals surface area contributed by atoms with Gasteiger partial charge in [0.1, 0.15) is 11.9 Å². The van der Waals surface area contributed by atoms with Gasteiger partial charge in [-0.1, -0.05) is 181 Å². The maximum absolute atomic E-state index is 12.7. The summed E-state index contributed by atoms with van der Waals surface area (Å²) in [5.74, 6) is 1.71. The van der Waals surface area contributed by atoms with Gasteiger partial charge in [0.2, 0.25) is 0 Å². The lowest BCUT2D eigenvalue weighted by Gasteiger charge is -2.21. The Labute approximate surface area is 337 Å². The van der Waals surface area contributed by atoms with E-state index in [1.807, 2.05) is 0 Å². The quantitative estimate of drug-likeness (QED) is 0.0495. The Morgan fingerprint density at radius 1 is 0.519 bits per heavy atom. The van der Waals surface area contributed by atoms with Gasteiger partial charge in [0.05, 0.1) is 6.61 Å². The van der Waals surface area contributed by atoms with E-state index in [9.17, 15) is 14.7 Å². The monoisotopic (exact) mass is 762 g/mol. The lowest BCUT2D eigenvalue weighted by molar-refractivity contribution is -0.150. The van der Waals surface area contributed by atoms with Crippen LogP contribution in [0.4, 0.5) is 0 Å². The number of hydrogen-bond acceptors (Lipinski definition) is 5. The van der Waals surface area contributed by atoms with E-state index in [-0.39, 0.29) is 18.7 Å². The van der Waals surface area contributed by atoms with Gasteiger partial charge in [0.15, 0.2) is 0 Å². The van der Waals surface area contributed by atoms with Crippen molar-refractivity contribution < 1.29 is 19.4 Å². The van der Waals surface area contributed by atoms with Crippen molar-refractivity contribution in [1.29, 1.82) is 0 Å². The van der Waals surface area contributed by atoms with Gasteiger partial charge < -0.3 is 14.7 Å². The molecule has 0 aliphatic heterocycles. The summed E-state index contributed by atoms with van der Waals surface area (Å²) in [7, 11) is 0. The van der Waals surface area contributed by atoms with Crippen molar-refractivity contribution in [3.05, 3.63) is 0 Å². The van der Waals surface area contributed by atoms with Crippen molar-refractivity contribution in [2.24, 2.45) is 11.8 Å². The van der Waals surface area contributed by atoms with Gasteiger partial charge in [0, 0.05) is 25.3 Å². The minimum atomic E-state index is 0.0342. The number of carbonyl (C=O) groups is 2. The first-order chi connectivity index (χ1) is 26.5. The molecule has 0 aromatic rings. The summed E-state index contributed by atoms with van der Waals surface area (Å²) in [6.07, 6.45) is 45.3. The number of unbranched alkanes of at least 4 members (excludes halogenated alkanes) is 26. The van der Waals surface area contributed by atoms with Crippen molar-refractivity contribution in [1.82, 2.24) is 4.90 Å². The number of ketones is 1. The summed E-state index contributed by atoms with van der Waals surface area (Å²) in [5.41, 5.74) is 0. The first-order valence-electron chi connectivity index (χ1n) is 24.6. The molecule has 0 radical (unpaired) electrons. The van der Waals surface area contributed by atoms with E-state index in [1.165, 1.54) is 193 Å². The second-order valence-corrected chi connectivity index (χ2v) is 17.5. The Balaban J connectivity index is 2.03. The summed E-state index contributed by atoms with van der Waals surface area (Å²) < 4.78 is 6.03. The molecule has 0 bridgehead atoms. The minimum absolute atomic E-state index is 0.0342. The highest BCUT2D eigenvalue weighted by atomic mass is 16.5. The van der Waals surface area contributed by atoms with E-state index in [1.54, 1.807) is 0 Å². The fraction of sp³-hybridized carbons (Fsp3) is 0.959. The third-order valence-corrected chi connectivity index (χ3v) is 12.2. The fourth-order valence-corrected chi connectivity index (χ4v) is 8.45. The predicted octanol–water partition coefficient (Wildman–Crippen LogP) is 14.5.